The summed E-state index contributed by atoms with van der Waals surface area (Å²) in [5.41, 5.74) is 1.73. The van der Waals surface area contributed by atoms with E-state index in [1.807, 2.05) is 12.1 Å². The lowest BCUT2D eigenvalue weighted by Crippen LogP contribution is -1.89. The minimum atomic E-state index is -3.94. The molecular formula is C9H12ClO3P. The van der Waals surface area contributed by atoms with E-state index in [1.165, 1.54) is 0 Å². The lowest BCUT2D eigenvalue weighted by molar-refractivity contribution is 0.371. The van der Waals surface area contributed by atoms with Gasteiger partial charge in [-0.2, -0.15) is 0 Å². The fourth-order valence-electron chi connectivity index (χ4n) is 1.16. The average Bonchev–Trinajstić information content (AvgIpc) is 2.06. The van der Waals surface area contributed by atoms with Gasteiger partial charge in [-0.3, -0.25) is 4.57 Å². The number of halogens is 1. The van der Waals surface area contributed by atoms with Gasteiger partial charge in [0.25, 0.3) is 0 Å². The minimum absolute atomic E-state index is 0.200. The molecule has 1 rings (SSSR count). The first-order chi connectivity index (χ1) is 6.51. The molecule has 0 aromatic heterocycles. The van der Waals surface area contributed by atoms with Gasteiger partial charge in [-0.05, 0) is 17.5 Å². The molecule has 0 aliphatic carbocycles. The second-order valence-corrected chi connectivity index (χ2v) is 5.10. The molecule has 2 N–H and O–H groups in total. The third kappa shape index (κ3) is 4.25. The highest BCUT2D eigenvalue weighted by Crippen LogP contribution is 2.38. The topological polar surface area (TPSA) is 57.5 Å². The Balaban J connectivity index is 2.69. The number of benzene rings is 1. The van der Waals surface area contributed by atoms with Crippen LogP contribution < -0.4 is 0 Å². The summed E-state index contributed by atoms with van der Waals surface area (Å²) in [7, 11) is -3.94. The Hall–Kier alpha value is -0.340. The summed E-state index contributed by atoms with van der Waals surface area (Å²) in [6.07, 6.45) is 0.575. The van der Waals surface area contributed by atoms with Crippen molar-refractivity contribution in [1.29, 1.82) is 0 Å². The van der Waals surface area contributed by atoms with Crippen molar-refractivity contribution in [3.05, 3.63) is 35.4 Å². The van der Waals surface area contributed by atoms with Gasteiger partial charge in [0.2, 0.25) is 0 Å². The predicted molar refractivity (Wildman–Crippen MR) is 56.6 cm³/mol. The molecule has 0 saturated carbocycles. The molecule has 0 aliphatic heterocycles. The van der Waals surface area contributed by atoms with Gasteiger partial charge >= 0.3 is 7.60 Å². The standard InChI is InChI=1S/C9H12ClO3P/c10-6-5-8-1-3-9(4-2-8)7-14(11,12)13/h1-4H,5-7H2,(H2,11,12,13). The largest absolute Gasteiger partial charge is 0.329 e. The Labute approximate surface area is 87.9 Å². The van der Waals surface area contributed by atoms with Crippen molar-refractivity contribution < 1.29 is 14.4 Å². The van der Waals surface area contributed by atoms with Crippen molar-refractivity contribution in [3.63, 3.8) is 0 Å². The molecule has 0 amide bonds. The lowest BCUT2D eigenvalue weighted by atomic mass is 10.1. The first-order valence-corrected chi connectivity index (χ1v) is 6.53. The molecule has 1 aromatic rings. The lowest BCUT2D eigenvalue weighted by Gasteiger charge is -2.04. The van der Waals surface area contributed by atoms with E-state index in [2.05, 4.69) is 0 Å². The van der Waals surface area contributed by atoms with Crippen LogP contribution in [-0.2, 0) is 17.1 Å². The number of aryl methyl sites for hydroxylation is 1. The molecule has 0 saturated heterocycles. The summed E-state index contributed by atoms with van der Waals surface area (Å²) in [6.45, 7) is 0. The maximum absolute atomic E-state index is 10.7. The second-order valence-electron chi connectivity index (χ2n) is 3.08. The first-order valence-electron chi connectivity index (χ1n) is 4.19. The third-order valence-corrected chi connectivity index (χ3v) is 2.76. The molecule has 0 spiro atoms. The highest BCUT2D eigenvalue weighted by Gasteiger charge is 2.13. The molecule has 78 valence electrons. The van der Waals surface area contributed by atoms with Crippen LogP contribution in [0, 0.1) is 0 Å². The smallest absolute Gasteiger partial charge is 0.324 e. The Morgan fingerprint density at radius 2 is 1.64 bits per heavy atom. The maximum atomic E-state index is 10.7. The Morgan fingerprint density at radius 1 is 1.14 bits per heavy atom. The molecule has 0 aliphatic rings. The SMILES string of the molecule is O=P(O)(O)Cc1ccc(CCCl)cc1. The number of hydrogen-bond donors (Lipinski definition) is 2. The normalized spacial score (nSPS) is 11.6. The Morgan fingerprint density at radius 3 is 2.07 bits per heavy atom. The molecule has 0 heterocycles. The molecule has 1 aromatic carbocycles. The van der Waals surface area contributed by atoms with E-state index in [9.17, 15) is 4.57 Å². The quantitative estimate of drug-likeness (QED) is 0.620. The van der Waals surface area contributed by atoms with E-state index in [-0.39, 0.29) is 6.16 Å². The molecule has 0 unspecified atom stereocenters. The van der Waals surface area contributed by atoms with Gasteiger partial charge in [-0.15, -0.1) is 11.6 Å². The summed E-state index contributed by atoms with van der Waals surface area (Å²) in [5.74, 6) is 0.553. The first kappa shape index (κ1) is 11.7. The second kappa shape index (κ2) is 4.94. The van der Waals surface area contributed by atoms with Crippen LogP contribution in [0.3, 0.4) is 0 Å². The van der Waals surface area contributed by atoms with Crippen molar-refractivity contribution in [1.82, 2.24) is 0 Å². The van der Waals surface area contributed by atoms with Gasteiger partial charge in [-0.1, -0.05) is 24.3 Å². The highest BCUT2D eigenvalue weighted by atomic mass is 35.5. The van der Waals surface area contributed by atoms with Crippen LogP contribution in [-0.4, -0.2) is 15.7 Å². The Kier molecular flexibility index (Phi) is 4.14. The van der Waals surface area contributed by atoms with E-state index < -0.39 is 7.60 Å². The average molecular weight is 235 g/mol. The van der Waals surface area contributed by atoms with E-state index in [0.717, 1.165) is 12.0 Å². The van der Waals surface area contributed by atoms with Crippen molar-refractivity contribution in [3.8, 4) is 0 Å². The van der Waals surface area contributed by atoms with Gasteiger partial charge in [0, 0.05) is 5.88 Å². The molecule has 0 fully saturated rings. The fourth-order valence-corrected chi connectivity index (χ4v) is 2.06. The molecule has 5 heteroatoms. The minimum Gasteiger partial charge on any atom is -0.324 e. The number of rotatable bonds is 4. The maximum Gasteiger partial charge on any atom is 0.329 e. The summed E-state index contributed by atoms with van der Waals surface area (Å²) in [4.78, 5) is 17.5. The van der Waals surface area contributed by atoms with Crippen LogP contribution in [0.1, 0.15) is 11.1 Å². The molecule has 3 nitrogen and oxygen atoms in total. The molecule has 0 radical (unpaired) electrons. The van der Waals surface area contributed by atoms with Crippen LogP contribution in [0.25, 0.3) is 0 Å². The zero-order valence-corrected chi connectivity index (χ0v) is 9.21. The van der Waals surface area contributed by atoms with E-state index >= 15 is 0 Å². The van der Waals surface area contributed by atoms with Crippen LogP contribution in [0.5, 0.6) is 0 Å². The van der Waals surface area contributed by atoms with E-state index in [1.54, 1.807) is 12.1 Å². The van der Waals surface area contributed by atoms with Crippen molar-refractivity contribution >= 4 is 19.2 Å². The van der Waals surface area contributed by atoms with Crippen LogP contribution in [0.2, 0.25) is 0 Å². The third-order valence-electron chi connectivity index (χ3n) is 1.79. The zero-order valence-electron chi connectivity index (χ0n) is 7.56. The van der Waals surface area contributed by atoms with Crippen molar-refractivity contribution in [2.75, 3.05) is 5.88 Å². The van der Waals surface area contributed by atoms with Gasteiger partial charge in [0.1, 0.15) is 0 Å². The van der Waals surface area contributed by atoms with Gasteiger partial charge in [-0.25, -0.2) is 0 Å². The fraction of sp³-hybridized carbons (Fsp3) is 0.333. The van der Waals surface area contributed by atoms with Crippen LogP contribution >= 0.6 is 19.2 Å². The van der Waals surface area contributed by atoms with Crippen molar-refractivity contribution in [2.45, 2.75) is 12.6 Å². The van der Waals surface area contributed by atoms with Crippen LogP contribution in [0.4, 0.5) is 0 Å². The molecule has 0 bridgehead atoms. The van der Waals surface area contributed by atoms with Crippen LogP contribution in [0.15, 0.2) is 24.3 Å². The summed E-state index contributed by atoms with van der Waals surface area (Å²) >= 11 is 5.56. The van der Waals surface area contributed by atoms with Gasteiger partial charge in [0.15, 0.2) is 0 Å². The highest BCUT2D eigenvalue weighted by molar-refractivity contribution is 7.50. The van der Waals surface area contributed by atoms with Gasteiger partial charge in [0.05, 0.1) is 6.16 Å². The summed E-state index contributed by atoms with van der Waals surface area (Å²) < 4.78 is 10.7. The molecule has 14 heavy (non-hydrogen) atoms. The number of alkyl halides is 1. The van der Waals surface area contributed by atoms with E-state index in [4.69, 9.17) is 21.4 Å². The zero-order chi connectivity index (χ0) is 10.6. The van der Waals surface area contributed by atoms with Gasteiger partial charge < -0.3 is 9.79 Å². The van der Waals surface area contributed by atoms with Crippen molar-refractivity contribution in [2.24, 2.45) is 0 Å². The Bertz CT molecular complexity index is 330. The summed E-state index contributed by atoms with van der Waals surface area (Å²) in [5, 5.41) is 0. The van der Waals surface area contributed by atoms with E-state index in [0.29, 0.717) is 11.4 Å². The monoisotopic (exact) mass is 234 g/mol. The molecule has 0 atom stereocenters. The number of hydrogen-bond acceptors (Lipinski definition) is 1. The predicted octanol–water partition coefficient (Wildman–Crippen LogP) is 2.15. The summed E-state index contributed by atoms with van der Waals surface area (Å²) in [6, 6.07) is 7.13. The molecular weight excluding hydrogens is 223 g/mol.